The van der Waals surface area contributed by atoms with Crippen molar-refractivity contribution in [3.05, 3.63) is 29.3 Å². The maximum absolute atomic E-state index is 5.70. The first-order valence-electron chi connectivity index (χ1n) is 8.23. The van der Waals surface area contributed by atoms with E-state index >= 15 is 0 Å². The number of ether oxygens (including phenoxy) is 1. The molecule has 1 aliphatic carbocycles. The summed E-state index contributed by atoms with van der Waals surface area (Å²) in [7, 11) is 1.83. The Bertz CT molecular complexity index is 498. The van der Waals surface area contributed by atoms with Crippen LogP contribution in [-0.2, 0) is 11.3 Å². The smallest absolute Gasteiger partial charge is 0.0825 e. The average Bonchev–Trinajstić information content (AvgIpc) is 3.30. The van der Waals surface area contributed by atoms with Gasteiger partial charge in [0.1, 0.15) is 0 Å². The van der Waals surface area contributed by atoms with Crippen LogP contribution < -0.4 is 10.2 Å². The second-order valence-electron chi connectivity index (χ2n) is 6.95. The van der Waals surface area contributed by atoms with E-state index in [1.165, 1.54) is 36.1 Å². The summed E-state index contributed by atoms with van der Waals surface area (Å²) in [6, 6.07) is 7.68. The minimum atomic E-state index is -0.00163. The molecule has 1 aromatic rings. The molecule has 1 saturated carbocycles. The summed E-state index contributed by atoms with van der Waals surface area (Å²) in [5.41, 5.74) is 4.16. The van der Waals surface area contributed by atoms with Crippen LogP contribution >= 0.6 is 0 Å². The van der Waals surface area contributed by atoms with Crippen LogP contribution in [0.5, 0.6) is 0 Å². The van der Waals surface area contributed by atoms with Gasteiger partial charge in [-0.2, -0.15) is 0 Å². The van der Waals surface area contributed by atoms with E-state index in [4.69, 9.17) is 4.74 Å². The van der Waals surface area contributed by atoms with Crippen LogP contribution in [0.2, 0.25) is 0 Å². The van der Waals surface area contributed by atoms with Crippen LogP contribution in [0, 0.1) is 6.92 Å². The Morgan fingerprint density at radius 2 is 2.19 bits per heavy atom. The highest BCUT2D eigenvalue weighted by molar-refractivity contribution is 5.51. The predicted octanol–water partition coefficient (Wildman–Crippen LogP) is 3.25. The number of hydrogen-bond acceptors (Lipinski definition) is 3. The molecule has 116 valence electrons. The number of anilines is 1. The fourth-order valence-corrected chi connectivity index (χ4v) is 3.21. The maximum atomic E-state index is 5.70. The third-order valence-electron chi connectivity index (χ3n) is 5.00. The van der Waals surface area contributed by atoms with E-state index in [1.54, 1.807) is 0 Å². The molecule has 1 N–H and O–H groups in total. The SMILES string of the molecule is COC1(C)CCCN(c2ccc(CNC3CC3)c(C)c2)C1. The predicted molar refractivity (Wildman–Crippen MR) is 87.9 cm³/mol. The molecule has 1 atom stereocenters. The number of rotatable bonds is 5. The summed E-state index contributed by atoms with van der Waals surface area (Å²) in [6.45, 7) is 7.58. The Balaban J connectivity index is 1.68. The van der Waals surface area contributed by atoms with Crippen molar-refractivity contribution in [2.75, 3.05) is 25.1 Å². The number of hydrogen-bond donors (Lipinski definition) is 1. The van der Waals surface area contributed by atoms with Crippen LogP contribution in [0.3, 0.4) is 0 Å². The molecule has 21 heavy (non-hydrogen) atoms. The number of piperidine rings is 1. The summed E-state index contributed by atoms with van der Waals surface area (Å²) in [5, 5.41) is 3.60. The Labute approximate surface area is 128 Å². The van der Waals surface area contributed by atoms with Gasteiger partial charge >= 0.3 is 0 Å². The molecular weight excluding hydrogens is 260 g/mol. The summed E-state index contributed by atoms with van der Waals surface area (Å²) < 4.78 is 5.70. The molecule has 1 heterocycles. The largest absolute Gasteiger partial charge is 0.377 e. The fourth-order valence-electron chi connectivity index (χ4n) is 3.21. The number of aryl methyl sites for hydroxylation is 1. The maximum Gasteiger partial charge on any atom is 0.0825 e. The highest BCUT2D eigenvalue weighted by Gasteiger charge is 2.31. The molecule has 0 amide bonds. The molecule has 0 aromatic heterocycles. The molecule has 2 aliphatic rings. The normalized spacial score (nSPS) is 26.1. The van der Waals surface area contributed by atoms with Gasteiger partial charge in [-0.15, -0.1) is 0 Å². The molecular formula is C18H28N2O. The van der Waals surface area contributed by atoms with Crippen molar-refractivity contribution in [2.24, 2.45) is 0 Å². The zero-order chi connectivity index (χ0) is 14.9. The van der Waals surface area contributed by atoms with Gasteiger partial charge in [0, 0.05) is 38.5 Å². The molecule has 0 radical (unpaired) electrons. The Kier molecular flexibility index (Phi) is 4.23. The molecule has 0 spiro atoms. The molecule has 3 rings (SSSR count). The second-order valence-corrected chi connectivity index (χ2v) is 6.95. The minimum Gasteiger partial charge on any atom is -0.377 e. The number of benzene rings is 1. The Hall–Kier alpha value is -1.06. The molecule has 1 saturated heterocycles. The first-order chi connectivity index (χ1) is 10.1. The zero-order valence-electron chi connectivity index (χ0n) is 13.6. The molecule has 1 aromatic carbocycles. The summed E-state index contributed by atoms with van der Waals surface area (Å²) in [5.74, 6) is 0. The summed E-state index contributed by atoms with van der Waals surface area (Å²) in [4.78, 5) is 2.47. The molecule has 2 fully saturated rings. The van der Waals surface area contributed by atoms with E-state index in [0.29, 0.717) is 0 Å². The highest BCUT2D eigenvalue weighted by atomic mass is 16.5. The monoisotopic (exact) mass is 288 g/mol. The van der Waals surface area contributed by atoms with Crippen LogP contribution in [-0.4, -0.2) is 31.8 Å². The van der Waals surface area contributed by atoms with Crippen molar-refractivity contribution in [1.29, 1.82) is 0 Å². The average molecular weight is 288 g/mol. The van der Waals surface area contributed by atoms with Gasteiger partial charge in [-0.05, 0) is 62.8 Å². The Morgan fingerprint density at radius 3 is 2.86 bits per heavy atom. The van der Waals surface area contributed by atoms with Gasteiger partial charge in [-0.1, -0.05) is 6.07 Å². The van der Waals surface area contributed by atoms with Gasteiger partial charge in [0.25, 0.3) is 0 Å². The van der Waals surface area contributed by atoms with Crippen molar-refractivity contribution in [3.63, 3.8) is 0 Å². The van der Waals surface area contributed by atoms with E-state index in [9.17, 15) is 0 Å². The minimum absolute atomic E-state index is 0.00163. The van der Waals surface area contributed by atoms with Gasteiger partial charge < -0.3 is 15.0 Å². The Morgan fingerprint density at radius 1 is 1.38 bits per heavy atom. The van der Waals surface area contributed by atoms with E-state index in [0.717, 1.165) is 32.1 Å². The number of nitrogens with zero attached hydrogens (tertiary/aromatic N) is 1. The van der Waals surface area contributed by atoms with E-state index in [-0.39, 0.29) is 5.60 Å². The van der Waals surface area contributed by atoms with Crippen molar-refractivity contribution >= 4 is 5.69 Å². The van der Waals surface area contributed by atoms with Crippen LogP contribution in [0.4, 0.5) is 5.69 Å². The topological polar surface area (TPSA) is 24.5 Å². The van der Waals surface area contributed by atoms with E-state index < -0.39 is 0 Å². The van der Waals surface area contributed by atoms with Gasteiger partial charge in [-0.3, -0.25) is 0 Å². The summed E-state index contributed by atoms with van der Waals surface area (Å²) in [6.07, 6.45) is 5.05. The first-order valence-corrected chi connectivity index (χ1v) is 8.23. The van der Waals surface area contributed by atoms with E-state index in [2.05, 4.69) is 42.3 Å². The number of nitrogens with one attached hydrogen (secondary N) is 1. The lowest BCUT2D eigenvalue weighted by Crippen LogP contribution is -2.47. The van der Waals surface area contributed by atoms with Crippen molar-refractivity contribution in [1.82, 2.24) is 5.32 Å². The van der Waals surface area contributed by atoms with Gasteiger partial charge in [0.15, 0.2) is 0 Å². The molecule has 3 heteroatoms. The quantitative estimate of drug-likeness (QED) is 0.900. The lowest BCUT2D eigenvalue weighted by atomic mass is 9.94. The van der Waals surface area contributed by atoms with Gasteiger partial charge in [0.2, 0.25) is 0 Å². The standard InChI is InChI=1S/C18H28N2O/c1-14-11-17(8-5-15(14)12-19-16-6-7-16)20-10-4-9-18(2,13-20)21-3/h5,8,11,16,19H,4,6-7,9-10,12-13H2,1-3H3. The fraction of sp³-hybridized carbons (Fsp3) is 0.667. The first kappa shape index (κ1) is 14.9. The van der Waals surface area contributed by atoms with Crippen molar-refractivity contribution in [3.8, 4) is 0 Å². The highest BCUT2D eigenvalue weighted by Crippen LogP contribution is 2.29. The van der Waals surface area contributed by atoms with Gasteiger partial charge in [-0.25, -0.2) is 0 Å². The lowest BCUT2D eigenvalue weighted by Gasteiger charge is -2.40. The third kappa shape index (κ3) is 3.58. The van der Waals surface area contributed by atoms with Crippen LogP contribution in [0.25, 0.3) is 0 Å². The van der Waals surface area contributed by atoms with Gasteiger partial charge in [0.05, 0.1) is 5.60 Å². The zero-order valence-corrected chi connectivity index (χ0v) is 13.6. The third-order valence-corrected chi connectivity index (χ3v) is 5.00. The molecule has 1 unspecified atom stereocenters. The molecule has 0 bridgehead atoms. The number of methoxy groups -OCH3 is 1. The van der Waals surface area contributed by atoms with Crippen molar-refractivity contribution in [2.45, 2.75) is 57.7 Å². The van der Waals surface area contributed by atoms with Crippen molar-refractivity contribution < 1.29 is 4.74 Å². The molecule has 3 nitrogen and oxygen atoms in total. The molecule has 1 aliphatic heterocycles. The summed E-state index contributed by atoms with van der Waals surface area (Å²) >= 11 is 0. The lowest BCUT2D eigenvalue weighted by molar-refractivity contribution is -0.00465. The van der Waals surface area contributed by atoms with E-state index in [1.807, 2.05) is 7.11 Å². The van der Waals surface area contributed by atoms with Crippen LogP contribution in [0.1, 0.15) is 43.7 Å². The van der Waals surface area contributed by atoms with Crippen LogP contribution in [0.15, 0.2) is 18.2 Å². The second kappa shape index (κ2) is 5.98.